The number of ketones is 1. The first kappa shape index (κ1) is 14.8. The summed E-state index contributed by atoms with van der Waals surface area (Å²) in [5.74, 6) is -1.75. The molecule has 22 heavy (non-hydrogen) atoms. The Morgan fingerprint density at radius 1 is 1.36 bits per heavy atom. The lowest BCUT2D eigenvalue weighted by molar-refractivity contribution is -0.125. The molecule has 1 heterocycles. The number of amides is 2. The maximum atomic E-state index is 12.8. The molecule has 4 atom stereocenters. The third kappa shape index (κ3) is 1.95. The molecule has 0 unspecified atom stereocenters. The summed E-state index contributed by atoms with van der Waals surface area (Å²) in [4.78, 5) is 37.7. The van der Waals surface area contributed by atoms with E-state index in [1.165, 1.54) is 0 Å². The third-order valence-corrected chi connectivity index (χ3v) is 5.00. The Labute approximate surface area is 129 Å². The molecule has 1 aromatic carbocycles. The van der Waals surface area contributed by atoms with Gasteiger partial charge < -0.3 is 10.6 Å². The smallest absolute Gasteiger partial charge is 0.229 e. The second-order valence-corrected chi connectivity index (χ2v) is 6.42. The lowest BCUT2D eigenvalue weighted by Gasteiger charge is -2.15. The van der Waals surface area contributed by atoms with E-state index in [1.54, 1.807) is 31.2 Å². The fourth-order valence-electron chi connectivity index (χ4n) is 3.37. The van der Waals surface area contributed by atoms with Crippen LogP contribution in [0.25, 0.3) is 0 Å². The summed E-state index contributed by atoms with van der Waals surface area (Å²) in [5.41, 5.74) is 0.0838. The Balaban J connectivity index is 1.94. The molecule has 1 saturated carbocycles. The molecule has 0 spiro atoms. The SMILES string of the molecule is CC[C@@H](C)NC(=O)[C@@H]1[C@H]2C(=O)Nc3ccccc3C(=O)[C@@]21C. The lowest BCUT2D eigenvalue weighted by Crippen LogP contribution is -2.35. The van der Waals surface area contributed by atoms with Crippen molar-refractivity contribution in [1.29, 1.82) is 0 Å². The number of benzene rings is 1. The van der Waals surface area contributed by atoms with Crippen molar-refractivity contribution in [3.8, 4) is 0 Å². The third-order valence-electron chi connectivity index (χ3n) is 5.00. The summed E-state index contributed by atoms with van der Waals surface area (Å²) in [5, 5.41) is 5.67. The number of carbonyl (C=O) groups excluding carboxylic acids is 3. The topological polar surface area (TPSA) is 75.3 Å². The van der Waals surface area contributed by atoms with Gasteiger partial charge in [-0.1, -0.05) is 26.0 Å². The van der Waals surface area contributed by atoms with E-state index in [4.69, 9.17) is 0 Å². The fraction of sp³-hybridized carbons (Fsp3) is 0.471. The second-order valence-electron chi connectivity index (χ2n) is 6.42. The van der Waals surface area contributed by atoms with E-state index in [2.05, 4.69) is 10.6 Å². The number of fused-ring (bicyclic) bond motifs is 2. The van der Waals surface area contributed by atoms with Gasteiger partial charge in [-0.05, 0) is 25.5 Å². The van der Waals surface area contributed by atoms with Crippen molar-refractivity contribution in [2.24, 2.45) is 17.3 Å². The number of rotatable bonds is 3. The van der Waals surface area contributed by atoms with Crippen LogP contribution in [0.1, 0.15) is 37.6 Å². The van der Waals surface area contributed by atoms with E-state index in [0.29, 0.717) is 11.3 Å². The molecule has 5 heteroatoms. The Bertz CT molecular complexity index is 670. The van der Waals surface area contributed by atoms with Gasteiger partial charge in [0, 0.05) is 11.6 Å². The average Bonchev–Trinajstić information content (AvgIpc) is 3.15. The number of nitrogens with one attached hydrogen (secondary N) is 2. The average molecular weight is 300 g/mol. The highest BCUT2D eigenvalue weighted by molar-refractivity contribution is 6.19. The fourth-order valence-corrected chi connectivity index (χ4v) is 3.37. The van der Waals surface area contributed by atoms with Crippen LogP contribution in [0, 0.1) is 17.3 Å². The zero-order valence-electron chi connectivity index (χ0n) is 13.0. The summed E-state index contributed by atoms with van der Waals surface area (Å²) in [6.45, 7) is 5.62. The lowest BCUT2D eigenvalue weighted by atomic mass is 9.92. The normalized spacial score (nSPS) is 30.5. The predicted octanol–water partition coefficient (Wildman–Crippen LogP) is 1.99. The minimum Gasteiger partial charge on any atom is -0.353 e. The van der Waals surface area contributed by atoms with Gasteiger partial charge in [0.1, 0.15) is 0 Å². The van der Waals surface area contributed by atoms with Crippen LogP contribution in [0.5, 0.6) is 0 Å². The van der Waals surface area contributed by atoms with E-state index >= 15 is 0 Å². The van der Waals surface area contributed by atoms with Gasteiger partial charge in [0.2, 0.25) is 11.8 Å². The Morgan fingerprint density at radius 3 is 2.73 bits per heavy atom. The van der Waals surface area contributed by atoms with Gasteiger partial charge >= 0.3 is 0 Å². The van der Waals surface area contributed by atoms with Gasteiger partial charge in [0.25, 0.3) is 0 Å². The first-order chi connectivity index (χ1) is 10.4. The molecule has 0 saturated heterocycles. The van der Waals surface area contributed by atoms with Gasteiger partial charge in [-0.2, -0.15) is 0 Å². The molecule has 0 radical (unpaired) electrons. The molecule has 0 bridgehead atoms. The second kappa shape index (κ2) is 4.93. The number of Topliss-reactive ketones (excluding diaryl/α,β-unsaturated/α-hetero) is 1. The summed E-state index contributed by atoms with van der Waals surface area (Å²) in [6, 6.07) is 6.99. The van der Waals surface area contributed by atoms with Crippen LogP contribution < -0.4 is 10.6 Å². The monoisotopic (exact) mass is 300 g/mol. The Kier molecular flexibility index (Phi) is 3.31. The summed E-state index contributed by atoms with van der Waals surface area (Å²) in [6.07, 6.45) is 0.808. The minimum absolute atomic E-state index is 0.0337. The van der Waals surface area contributed by atoms with Crippen LogP contribution >= 0.6 is 0 Å². The standard InChI is InChI=1S/C17H20N2O3/c1-4-9(2)18-15(21)12-13-16(22)19-11-8-6-5-7-10(11)14(20)17(12,13)3/h5-9,12-13H,4H2,1-3H3,(H,18,21)(H,19,22)/t9-,12+,13+,17-/m1/s1. The molecule has 3 rings (SSSR count). The van der Waals surface area contributed by atoms with Crippen LogP contribution in [-0.2, 0) is 9.59 Å². The van der Waals surface area contributed by atoms with Crippen molar-refractivity contribution in [1.82, 2.24) is 5.32 Å². The molecule has 1 aromatic rings. The first-order valence-corrected chi connectivity index (χ1v) is 7.66. The highest BCUT2D eigenvalue weighted by atomic mass is 16.2. The van der Waals surface area contributed by atoms with E-state index in [9.17, 15) is 14.4 Å². The Morgan fingerprint density at radius 2 is 2.05 bits per heavy atom. The zero-order chi connectivity index (χ0) is 16.1. The number of hydrogen-bond donors (Lipinski definition) is 2. The van der Waals surface area contributed by atoms with Crippen LogP contribution in [0.15, 0.2) is 24.3 Å². The van der Waals surface area contributed by atoms with Crippen molar-refractivity contribution in [2.75, 3.05) is 5.32 Å². The molecule has 5 nitrogen and oxygen atoms in total. The van der Waals surface area contributed by atoms with Crippen LogP contribution in [0.2, 0.25) is 0 Å². The number of anilines is 1. The van der Waals surface area contributed by atoms with E-state index in [1.807, 2.05) is 13.8 Å². The maximum absolute atomic E-state index is 12.8. The number of carbonyl (C=O) groups is 3. The summed E-state index contributed by atoms with van der Waals surface area (Å²) < 4.78 is 0. The Hall–Kier alpha value is -2.17. The summed E-state index contributed by atoms with van der Waals surface area (Å²) >= 11 is 0. The van der Waals surface area contributed by atoms with Crippen molar-refractivity contribution in [3.05, 3.63) is 29.8 Å². The van der Waals surface area contributed by atoms with Gasteiger partial charge in [0.05, 0.1) is 22.9 Å². The van der Waals surface area contributed by atoms with Crippen LogP contribution in [-0.4, -0.2) is 23.6 Å². The largest absolute Gasteiger partial charge is 0.353 e. The quantitative estimate of drug-likeness (QED) is 0.896. The van der Waals surface area contributed by atoms with Gasteiger partial charge in [0.15, 0.2) is 5.78 Å². The number of hydrogen-bond acceptors (Lipinski definition) is 3. The molecule has 1 aliphatic heterocycles. The predicted molar refractivity (Wildman–Crippen MR) is 82.4 cm³/mol. The first-order valence-electron chi connectivity index (χ1n) is 7.66. The van der Waals surface area contributed by atoms with Crippen molar-refractivity contribution < 1.29 is 14.4 Å². The zero-order valence-corrected chi connectivity index (χ0v) is 13.0. The maximum Gasteiger partial charge on any atom is 0.229 e. The van der Waals surface area contributed by atoms with E-state index in [-0.39, 0.29) is 23.6 Å². The van der Waals surface area contributed by atoms with Crippen molar-refractivity contribution in [3.63, 3.8) is 0 Å². The molecule has 2 amide bonds. The molecular weight excluding hydrogens is 280 g/mol. The molecule has 1 aliphatic carbocycles. The van der Waals surface area contributed by atoms with E-state index < -0.39 is 17.3 Å². The van der Waals surface area contributed by atoms with E-state index in [0.717, 1.165) is 6.42 Å². The highest BCUT2D eigenvalue weighted by Crippen LogP contribution is 2.62. The van der Waals surface area contributed by atoms with Crippen molar-refractivity contribution >= 4 is 23.3 Å². The van der Waals surface area contributed by atoms with Crippen LogP contribution in [0.3, 0.4) is 0 Å². The van der Waals surface area contributed by atoms with Crippen molar-refractivity contribution in [2.45, 2.75) is 33.2 Å². The molecule has 2 N–H and O–H groups in total. The molecule has 116 valence electrons. The minimum atomic E-state index is -0.936. The molecule has 2 aliphatic rings. The van der Waals surface area contributed by atoms with Crippen LogP contribution in [0.4, 0.5) is 5.69 Å². The molecular formula is C17H20N2O3. The van der Waals surface area contributed by atoms with Gasteiger partial charge in [-0.3, -0.25) is 14.4 Å². The molecule has 1 fully saturated rings. The summed E-state index contributed by atoms with van der Waals surface area (Å²) in [7, 11) is 0. The van der Waals surface area contributed by atoms with Gasteiger partial charge in [-0.15, -0.1) is 0 Å². The molecule has 0 aromatic heterocycles. The number of para-hydroxylation sites is 1. The highest BCUT2D eigenvalue weighted by Gasteiger charge is 2.73. The van der Waals surface area contributed by atoms with Gasteiger partial charge in [-0.25, -0.2) is 0 Å².